The number of carboxylic acid groups (broad SMARTS) is 1. The quantitative estimate of drug-likeness (QED) is 0.647. The zero-order chi connectivity index (χ0) is 18.6. The van der Waals surface area contributed by atoms with Crippen molar-refractivity contribution in [2.24, 2.45) is 0 Å². The predicted molar refractivity (Wildman–Crippen MR) is 110 cm³/mol. The van der Waals surface area contributed by atoms with E-state index in [9.17, 15) is 4.79 Å². The molecule has 3 aromatic rings. The third-order valence-corrected chi connectivity index (χ3v) is 5.23. The van der Waals surface area contributed by atoms with Gasteiger partial charge in [-0.25, -0.2) is 0 Å². The number of allylic oxidation sites excluding steroid dienone is 1. The number of fused-ring (bicyclic) bond motifs is 1. The molecule has 1 aliphatic carbocycles. The lowest BCUT2D eigenvalue weighted by atomic mass is 9.79. The van der Waals surface area contributed by atoms with E-state index in [1.807, 2.05) is 0 Å². The lowest BCUT2D eigenvalue weighted by Crippen LogP contribution is -2.06. The minimum Gasteiger partial charge on any atom is -0.481 e. The highest BCUT2D eigenvalue weighted by molar-refractivity contribution is 6.00. The highest BCUT2D eigenvalue weighted by atomic mass is 16.4. The van der Waals surface area contributed by atoms with E-state index in [0.717, 1.165) is 18.4 Å². The van der Waals surface area contributed by atoms with E-state index in [4.69, 9.17) is 5.11 Å². The standard InChI is InChI=1S/C25H22O2/c26-24(27)17-12-18-10-13-21(14-11-18)25-22-9-5-4-8-20(22)15-16-23(25)19-6-2-1-3-7-19/h1-11,13-14H,12,15-17H2,(H,26,27). The topological polar surface area (TPSA) is 37.3 Å². The zero-order valence-electron chi connectivity index (χ0n) is 15.2. The van der Waals surface area contributed by atoms with Gasteiger partial charge in [0.2, 0.25) is 0 Å². The Morgan fingerprint density at radius 3 is 2.22 bits per heavy atom. The van der Waals surface area contributed by atoms with Gasteiger partial charge >= 0.3 is 5.97 Å². The summed E-state index contributed by atoms with van der Waals surface area (Å²) < 4.78 is 0. The molecule has 1 aliphatic rings. The van der Waals surface area contributed by atoms with Gasteiger partial charge in [-0.1, -0.05) is 78.9 Å². The van der Waals surface area contributed by atoms with Gasteiger partial charge in [0.15, 0.2) is 0 Å². The van der Waals surface area contributed by atoms with Crippen molar-refractivity contribution in [3.63, 3.8) is 0 Å². The van der Waals surface area contributed by atoms with Crippen LogP contribution < -0.4 is 0 Å². The van der Waals surface area contributed by atoms with Crippen LogP contribution in [0.5, 0.6) is 0 Å². The van der Waals surface area contributed by atoms with Gasteiger partial charge < -0.3 is 5.11 Å². The molecule has 0 spiro atoms. The van der Waals surface area contributed by atoms with Gasteiger partial charge in [-0.05, 0) is 58.2 Å². The maximum absolute atomic E-state index is 10.8. The van der Waals surface area contributed by atoms with E-state index < -0.39 is 5.97 Å². The van der Waals surface area contributed by atoms with Crippen LogP contribution in [0, 0.1) is 0 Å². The Labute approximate surface area is 159 Å². The summed E-state index contributed by atoms with van der Waals surface area (Å²) in [7, 11) is 0. The molecule has 1 N–H and O–H groups in total. The number of carboxylic acids is 1. The minimum atomic E-state index is -0.755. The monoisotopic (exact) mass is 354 g/mol. The highest BCUT2D eigenvalue weighted by Crippen LogP contribution is 2.40. The molecule has 0 aliphatic heterocycles. The molecule has 0 heterocycles. The fourth-order valence-electron chi connectivity index (χ4n) is 3.88. The van der Waals surface area contributed by atoms with Crippen molar-refractivity contribution in [2.45, 2.75) is 25.7 Å². The third kappa shape index (κ3) is 3.70. The van der Waals surface area contributed by atoms with Crippen molar-refractivity contribution in [1.29, 1.82) is 0 Å². The summed E-state index contributed by atoms with van der Waals surface area (Å²) in [6.45, 7) is 0. The Morgan fingerprint density at radius 2 is 1.48 bits per heavy atom. The molecule has 3 aromatic carbocycles. The molecule has 2 heteroatoms. The van der Waals surface area contributed by atoms with Gasteiger partial charge in [-0.3, -0.25) is 4.79 Å². The van der Waals surface area contributed by atoms with E-state index >= 15 is 0 Å². The van der Waals surface area contributed by atoms with Crippen LogP contribution in [0.2, 0.25) is 0 Å². The number of aryl methyl sites for hydroxylation is 2. The molecule has 27 heavy (non-hydrogen) atoms. The summed E-state index contributed by atoms with van der Waals surface area (Å²) in [5.41, 5.74) is 8.91. The maximum Gasteiger partial charge on any atom is 0.303 e. The number of hydrogen-bond acceptors (Lipinski definition) is 1. The summed E-state index contributed by atoms with van der Waals surface area (Å²) in [6.07, 6.45) is 2.81. The average molecular weight is 354 g/mol. The second-order valence-electron chi connectivity index (χ2n) is 6.97. The third-order valence-electron chi connectivity index (χ3n) is 5.23. The normalized spacial score (nSPS) is 13.3. The van der Waals surface area contributed by atoms with E-state index in [1.54, 1.807) is 0 Å². The van der Waals surface area contributed by atoms with Crippen molar-refractivity contribution in [3.05, 3.63) is 107 Å². The van der Waals surface area contributed by atoms with E-state index in [1.165, 1.54) is 33.4 Å². The van der Waals surface area contributed by atoms with Crippen LogP contribution in [-0.2, 0) is 17.6 Å². The molecule has 0 bridgehead atoms. The number of hydrogen-bond donors (Lipinski definition) is 1. The molecule has 0 aromatic heterocycles. The molecular formula is C25H22O2. The van der Waals surface area contributed by atoms with E-state index in [-0.39, 0.29) is 6.42 Å². The fourth-order valence-corrected chi connectivity index (χ4v) is 3.88. The first-order valence-corrected chi connectivity index (χ1v) is 9.40. The van der Waals surface area contributed by atoms with Crippen LogP contribution in [0.15, 0.2) is 78.9 Å². The van der Waals surface area contributed by atoms with E-state index in [2.05, 4.69) is 78.9 Å². The van der Waals surface area contributed by atoms with Crippen LogP contribution in [0.25, 0.3) is 11.1 Å². The van der Waals surface area contributed by atoms with Gasteiger partial charge in [0.05, 0.1) is 0 Å². The molecule has 0 saturated heterocycles. The minimum absolute atomic E-state index is 0.167. The predicted octanol–water partition coefficient (Wildman–Crippen LogP) is 5.61. The second-order valence-corrected chi connectivity index (χ2v) is 6.97. The molecule has 0 unspecified atom stereocenters. The fraction of sp³-hybridized carbons (Fsp3) is 0.160. The van der Waals surface area contributed by atoms with Gasteiger partial charge in [0.25, 0.3) is 0 Å². The van der Waals surface area contributed by atoms with Crippen molar-refractivity contribution < 1.29 is 9.90 Å². The smallest absolute Gasteiger partial charge is 0.303 e. The number of rotatable bonds is 5. The summed E-state index contributed by atoms with van der Waals surface area (Å²) in [6, 6.07) is 27.7. The largest absolute Gasteiger partial charge is 0.481 e. The average Bonchev–Trinajstić information content (AvgIpc) is 2.72. The van der Waals surface area contributed by atoms with Crippen LogP contribution in [0.3, 0.4) is 0 Å². The Bertz CT molecular complexity index is 982. The zero-order valence-corrected chi connectivity index (χ0v) is 15.2. The summed E-state index contributed by atoms with van der Waals surface area (Å²) in [4.78, 5) is 10.8. The molecule has 0 fully saturated rings. The summed E-state index contributed by atoms with van der Waals surface area (Å²) >= 11 is 0. The lowest BCUT2D eigenvalue weighted by Gasteiger charge is -2.24. The Morgan fingerprint density at radius 1 is 0.778 bits per heavy atom. The maximum atomic E-state index is 10.8. The van der Waals surface area contributed by atoms with Crippen molar-refractivity contribution in [3.8, 4) is 0 Å². The van der Waals surface area contributed by atoms with Crippen molar-refractivity contribution >= 4 is 17.1 Å². The summed E-state index contributed by atoms with van der Waals surface area (Å²) in [5, 5.41) is 8.90. The molecular weight excluding hydrogens is 332 g/mol. The Balaban J connectivity index is 1.80. The Kier molecular flexibility index (Phi) is 4.88. The first-order valence-electron chi connectivity index (χ1n) is 9.40. The summed E-state index contributed by atoms with van der Waals surface area (Å²) in [5.74, 6) is -0.755. The molecule has 134 valence electrons. The van der Waals surface area contributed by atoms with Gasteiger partial charge in [-0.2, -0.15) is 0 Å². The Hall–Kier alpha value is -3.13. The highest BCUT2D eigenvalue weighted by Gasteiger charge is 2.21. The second kappa shape index (κ2) is 7.63. The molecule has 0 saturated carbocycles. The van der Waals surface area contributed by atoms with Crippen molar-refractivity contribution in [1.82, 2.24) is 0 Å². The SMILES string of the molecule is O=C(O)CCc1ccc(C2=C(c3ccccc3)CCc3ccccc32)cc1. The van der Waals surface area contributed by atoms with Gasteiger partial charge in [-0.15, -0.1) is 0 Å². The molecule has 2 nitrogen and oxygen atoms in total. The first-order chi connectivity index (χ1) is 13.2. The molecule has 0 radical (unpaired) electrons. The van der Waals surface area contributed by atoms with Crippen LogP contribution in [0.1, 0.15) is 40.7 Å². The number of carbonyl (C=O) groups is 1. The van der Waals surface area contributed by atoms with Crippen molar-refractivity contribution in [2.75, 3.05) is 0 Å². The number of benzene rings is 3. The molecule has 4 rings (SSSR count). The lowest BCUT2D eigenvalue weighted by molar-refractivity contribution is -0.136. The molecule has 0 amide bonds. The van der Waals surface area contributed by atoms with Gasteiger partial charge in [0.1, 0.15) is 0 Å². The van der Waals surface area contributed by atoms with Crippen LogP contribution >= 0.6 is 0 Å². The van der Waals surface area contributed by atoms with Gasteiger partial charge in [0, 0.05) is 6.42 Å². The molecule has 0 atom stereocenters. The van der Waals surface area contributed by atoms with Crippen LogP contribution in [0.4, 0.5) is 0 Å². The van der Waals surface area contributed by atoms with E-state index in [0.29, 0.717) is 6.42 Å². The number of aliphatic carboxylic acids is 1. The van der Waals surface area contributed by atoms with Crippen LogP contribution in [-0.4, -0.2) is 11.1 Å². The first kappa shape index (κ1) is 17.3.